The lowest BCUT2D eigenvalue weighted by Gasteiger charge is -2.24. The van der Waals surface area contributed by atoms with Gasteiger partial charge in [-0.15, -0.1) is 5.10 Å². The Morgan fingerprint density at radius 3 is 2.16 bits per heavy atom. The molecule has 0 fully saturated rings. The summed E-state index contributed by atoms with van der Waals surface area (Å²) in [6, 6.07) is 2.21. The standard InChI is InChI=1S/C13H20N4O2/c1-10-11(2)15-16-13(12(10)9-14)17(5-7-18-3)6-8-19-4/h5-8H2,1-4H3. The Bertz CT molecular complexity index is 449. The maximum absolute atomic E-state index is 9.32. The van der Waals surface area contributed by atoms with E-state index in [0.717, 1.165) is 11.3 Å². The molecule has 0 radical (unpaired) electrons. The van der Waals surface area contributed by atoms with Crippen molar-refractivity contribution in [2.75, 3.05) is 45.4 Å². The Balaban J connectivity index is 3.07. The van der Waals surface area contributed by atoms with Crippen LogP contribution < -0.4 is 4.90 Å². The summed E-state index contributed by atoms with van der Waals surface area (Å²) < 4.78 is 10.2. The van der Waals surface area contributed by atoms with Gasteiger partial charge < -0.3 is 14.4 Å². The van der Waals surface area contributed by atoms with Crippen LogP contribution >= 0.6 is 0 Å². The predicted octanol–water partition coefficient (Wildman–Crippen LogP) is 1.06. The maximum atomic E-state index is 9.32. The second-order valence-electron chi connectivity index (χ2n) is 4.19. The van der Waals surface area contributed by atoms with Crippen LogP contribution in [0.5, 0.6) is 0 Å². The first kappa shape index (κ1) is 15.3. The van der Waals surface area contributed by atoms with Crippen LogP contribution in [0.3, 0.4) is 0 Å². The van der Waals surface area contributed by atoms with Gasteiger partial charge in [-0.2, -0.15) is 10.4 Å². The van der Waals surface area contributed by atoms with Gasteiger partial charge >= 0.3 is 0 Å². The molecule has 6 heteroatoms. The summed E-state index contributed by atoms with van der Waals surface area (Å²) in [5.41, 5.74) is 2.21. The van der Waals surface area contributed by atoms with E-state index in [-0.39, 0.29) is 0 Å². The van der Waals surface area contributed by atoms with Gasteiger partial charge in [0.1, 0.15) is 11.6 Å². The molecule has 0 spiro atoms. The van der Waals surface area contributed by atoms with Gasteiger partial charge in [-0.3, -0.25) is 0 Å². The van der Waals surface area contributed by atoms with E-state index in [1.54, 1.807) is 14.2 Å². The minimum atomic E-state index is 0.559. The average Bonchev–Trinajstić information content (AvgIpc) is 2.42. The van der Waals surface area contributed by atoms with Gasteiger partial charge in [0.25, 0.3) is 0 Å². The molecule has 0 unspecified atom stereocenters. The maximum Gasteiger partial charge on any atom is 0.169 e. The van der Waals surface area contributed by atoms with Crippen molar-refractivity contribution in [3.05, 3.63) is 16.8 Å². The lowest BCUT2D eigenvalue weighted by atomic mass is 10.1. The highest BCUT2D eigenvalue weighted by Gasteiger charge is 2.17. The molecule has 104 valence electrons. The molecule has 0 aliphatic carbocycles. The van der Waals surface area contributed by atoms with Gasteiger partial charge in [-0.05, 0) is 19.4 Å². The van der Waals surface area contributed by atoms with E-state index >= 15 is 0 Å². The quantitative estimate of drug-likeness (QED) is 0.733. The fourth-order valence-corrected chi connectivity index (χ4v) is 1.68. The molecule has 1 aromatic heterocycles. The van der Waals surface area contributed by atoms with E-state index in [0.29, 0.717) is 37.7 Å². The van der Waals surface area contributed by atoms with Crippen molar-refractivity contribution in [2.24, 2.45) is 0 Å². The Hall–Kier alpha value is -1.71. The van der Waals surface area contributed by atoms with Gasteiger partial charge in [-0.1, -0.05) is 0 Å². The molecule has 0 N–H and O–H groups in total. The van der Waals surface area contributed by atoms with Crippen LogP contribution in [0.4, 0.5) is 5.82 Å². The number of hydrogen-bond acceptors (Lipinski definition) is 6. The lowest BCUT2D eigenvalue weighted by Crippen LogP contribution is -2.32. The smallest absolute Gasteiger partial charge is 0.169 e. The Kier molecular flexibility index (Phi) is 6.19. The molecule has 0 aromatic carbocycles. The molecule has 0 saturated carbocycles. The van der Waals surface area contributed by atoms with Crippen LogP contribution in [0.15, 0.2) is 0 Å². The van der Waals surface area contributed by atoms with E-state index in [1.165, 1.54) is 0 Å². The Morgan fingerprint density at radius 2 is 1.68 bits per heavy atom. The third kappa shape index (κ3) is 3.88. The van der Waals surface area contributed by atoms with Crippen LogP contribution in [0.25, 0.3) is 0 Å². The molecule has 0 bridgehead atoms. The Morgan fingerprint density at radius 1 is 1.11 bits per heavy atom. The van der Waals surface area contributed by atoms with Crippen molar-refractivity contribution in [3.63, 3.8) is 0 Å². The normalized spacial score (nSPS) is 10.3. The van der Waals surface area contributed by atoms with Crippen molar-refractivity contribution in [1.29, 1.82) is 5.26 Å². The molecular formula is C13H20N4O2. The minimum absolute atomic E-state index is 0.559. The highest BCUT2D eigenvalue weighted by Crippen LogP contribution is 2.20. The third-order valence-corrected chi connectivity index (χ3v) is 2.98. The number of methoxy groups -OCH3 is 2. The zero-order valence-corrected chi connectivity index (χ0v) is 11.9. The number of anilines is 1. The van der Waals surface area contributed by atoms with E-state index in [1.807, 2.05) is 18.7 Å². The zero-order chi connectivity index (χ0) is 14.3. The van der Waals surface area contributed by atoms with E-state index in [2.05, 4.69) is 16.3 Å². The predicted molar refractivity (Wildman–Crippen MR) is 72.2 cm³/mol. The molecule has 0 aliphatic rings. The van der Waals surface area contributed by atoms with Crippen molar-refractivity contribution in [3.8, 4) is 6.07 Å². The first-order valence-electron chi connectivity index (χ1n) is 6.12. The highest BCUT2D eigenvalue weighted by molar-refractivity contribution is 5.57. The first-order valence-corrected chi connectivity index (χ1v) is 6.12. The fourth-order valence-electron chi connectivity index (χ4n) is 1.68. The van der Waals surface area contributed by atoms with Crippen molar-refractivity contribution in [1.82, 2.24) is 10.2 Å². The number of nitrogens with zero attached hydrogens (tertiary/aromatic N) is 4. The van der Waals surface area contributed by atoms with Crippen LogP contribution in [0.1, 0.15) is 16.8 Å². The van der Waals surface area contributed by atoms with Gasteiger partial charge in [0.15, 0.2) is 5.82 Å². The van der Waals surface area contributed by atoms with Crippen LogP contribution in [-0.2, 0) is 9.47 Å². The van der Waals surface area contributed by atoms with Gasteiger partial charge in [0.2, 0.25) is 0 Å². The number of nitriles is 1. The van der Waals surface area contributed by atoms with Crippen LogP contribution in [0, 0.1) is 25.2 Å². The summed E-state index contributed by atoms with van der Waals surface area (Å²) in [4.78, 5) is 1.96. The van der Waals surface area contributed by atoms with E-state index in [4.69, 9.17) is 9.47 Å². The minimum Gasteiger partial charge on any atom is -0.383 e. The average molecular weight is 264 g/mol. The summed E-state index contributed by atoms with van der Waals surface area (Å²) in [5, 5.41) is 17.6. The fraction of sp³-hybridized carbons (Fsp3) is 0.615. The van der Waals surface area contributed by atoms with Crippen molar-refractivity contribution >= 4 is 5.82 Å². The molecule has 6 nitrogen and oxygen atoms in total. The van der Waals surface area contributed by atoms with Crippen molar-refractivity contribution < 1.29 is 9.47 Å². The lowest BCUT2D eigenvalue weighted by molar-refractivity contribution is 0.190. The summed E-state index contributed by atoms with van der Waals surface area (Å²) >= 11 is 0. The molecule has 0 atom stereocenters. The molecule has 0 aliphatic heterocycles. The number of aryl methyl sites for hydroxylation is 1. The molecular weight excluding hydrogens is 244 g/mol. The SMILES string of the molecule is COCCN(CCOC)c1nnc(C)c(C)c1C#N. The van der Waals surface area contributed by atoms with Gasteiger partial charge in [0.05, 0.1) is 18.9 Å². The van der Waals surface area contributed by atoms with Crippen molar-refractivity contribution in [2.45, 2.75) is 13.8 Å². The summed E-state index contributed by atoms with van der Waals surface area (Å²) in [5.74, 6) is 0.597. The molecule has 19 heavy (non-hydrogen) atoms. The summed E-state index contributed by atoms with van der Waals surface area (Å²) in [7, 11) is 3.29. The van der Waals surface area contributed by atoms with Crippen LogP contribution in [0.2, 0.25) is 0 Å². The topological polar surface area (TPSA) is 71.3 Å². The summed E-state index contributed by atoms with van der Waals surface area (Å²) in [6.07, 6.45) is 0. The Labute approximate surface area is 114 Å². The number of hydrogen-bond donors (Lipinski definition) is 0. The molecule has 0 saturated heterocycles. The molecule has 0 amide bonds. The number of rotatable bonds is 7. The number of ether oxygens (including phenoxy) is 2. The van der Waals surface area contributed by atoms with E-state index < -0.39 is 0 Å². The van der Waals surface area contributed by atoms with Crippen LogP contribution in [-0.4, -0.2) is 50.7 Å². The second-order valence-corrected chi connectivity index (χ2v) is 4.19. The second kappa shape index (κ2) is 7.67. The van der Waals surface area contributed by atoms with Gasteiger partial charge in [0, 0.05) is 27.3 Å². The van der Waals surface area contributed by atoms with Gasteiger partial charge in [-0.25, -0.2) is 0 Å². The highest BCUT2D eigenvalue weighted by atomic mass is 16.5. The number of aromatic nitrogens is 2. The van der Waals surface area contributed by atoms with E-state index in [9.17, 15) is 5.26 Å². The molecule has 1 heterocycles. The first-order chi connectivity index (χ1) is 9.15. The summed E-state index contributed by atoms with van der Waals surface area (Å²) in [6.45, 7) is 6.14. The molecule has 1 aromatic rings. The monoisotopic (exact) mass is 264 g/mol. The zero-order valence-electron chi connectivity index (χ0n) is 11.9. The third-order valence-electron chi connectivity index (χ3n) is 2.98. The molecule has 1 rings (SSSR count). The largest absolute Gasteiger partial charge is 0.383 e.